The van der Waals surface area contributed by atoms with E-state index in [1.54, 1.807) is 11.3 Å². The number of nitrogens with one attached hydrogen (secondary N) is 1. The zero-order chi connectivity index (χ0) is 25.6. The second kappa shape index (κ2) is 12.1. The van der Waals surface area contributed by atoms with Gasteiger partial charge in [0.15, 0.2) is 0 Å². The van der Waals surface area contributed by atoms with Gasteiger partial charge in [0.05, 0.1) is 10.0 Å². The summed E-state index contributed by atoms with van der Waals surface area (Å²) >= 11 is 11.2. The minimum Gasteiger partial charge on any atom is -0.488 e. The second-order valence-corrected chi connectivity index (χ2v) is 11.3. The molecule has 0 fully saturated rings. The fraction of sp³-hybridized carbons (Fsp3) is 0.200. The molecule has 1 aromatic heterocycles. The molecule has 0 unspecified atom stereocenters. The monoisotopic (exact) mass is 592 g/mol. The summed E-state index contributed by atoms with van der Waals surface area (Å²) in [5.41, 5.74) is 4.94. The third-order valence-electron chi connectivity index (χ3n) is 6.27. The number of thiophene rings is 1. The fourth-order valence-corrected chi connectivity index (χ4v) is 6.20. The molecule has 1 heterocycles. The Morgan fingerprint density at radius 1 is 1.03 bits per heavy atom. The van der Waals surface area contributed by atoms with E-state index in [1.165, 1.54) is 10.4 Å². The molecular weight excluding hydrogens is 568 g/mol. The van der Waals surface area contributed by atoms with E-state index in [2.05, 4.69) is 21.2 Å². The zero-order valence-corrected chi connectivity index (χ0v) is 23.3. The summed E-state index contributed by atoms with van der Waals surface area (Å²) in [6.45, 7) is 0.948. The summed E-state index contributed by atoms with van der Waals surface area (Å²) in [5, 5.41) is 4.58. The Kier molecular flexibility index (Phi) is 8.39. The lowest BCUT2D eigenvalue weighted by Gasteiger charge is -2.13. The van der Waals surface area contributed by atoms with Crippen LogP contribution in [0.5, 0.6) is 5.75 Å². The van der Waals surface area contributed by atoms with Crippen molar-refractivity contribution in [1.82, 2.24) is 5.32 Å². The molecule has 0 radical (unpaired) electrons. The molecule has 1 N–H and O–H groups in total. The first-order valence-corrected chi connectivity index (χ1v) is 14.2. The molecule has 0 saturated heterocycles. The number of halogens is 2. The third kappa shape index (κ3) is 6.50. The van der Waals surface area contributed by atoms with Crippen LogP contribution in [0.4, 0.5) is 5.00 Å². The molecule has 0 aliphatic heterocycles. The van der Waals surface area contributed by atoms with Gasteiger partial charge in [0, 0.05) is 22.7 Å². The zero-order valence-electron chi connectivity index (χ0n) is 20.2. The first kappa shape index (κ1) is 25.7. The van der Waals surface area contributed by atoms with Gasteiger partial charge in [-0.1, -0.05) is 54.1 Å². The number of hydrogen-bond acceptors (Lipinski definition) is 4. The Labute approximate surface area is 234 Å². The average molecular weight is 594 g/mol. The Hall–Kier alpha value is -2.93. The van der Waals surface area contributed by atoms with Crippen LogP contribution >= 0.6 is 38.9 Å². The lowest BCUT2D eigenvalue weighted by molar-refractivity contribution is 0.0951. The molecule has 37 heavy (non-hydrogen) atoms. The Balaban J connectivity index is 1.31. The molecule has 4 nitrogen and oxygen atoms in total. The lowest BCUT2D eigenvalue weighted by Crippen LogP contribution is -2.24. The summed E-state index contributed by atoms with van der Waals surface area (Å²) in [7, 11) is 0. The van der Waals surface area contributed by atoms with E-state index in [-0.39, 0.29) is 5.91 Å². The maximum Gasteiger partial charge on any atom is 0.254 e. The van der Waals surface area contributed by atoms with Gasteiger partial charge in [0.2, 0.25) is 0 Å². The number of carbonyl (C=O) groups excluding carboxylic acids is 1. The van der Waals surface area contributed by atoms with Crippen molar-refractivity contribution in [3.8, 4) is 5.75 Å². The van der Waals surface area contributed by atoms with E-state index in [0.717, 1.165) is 63.2 Å². The molecule has 1 amide bonds. The van der Waals surface area contributed by atoms with Gasteiger partial charge < -0.3 is 10.1 Å². The predicted octanol–water partition coefficient (Wildman–Crippen LogP) is 8.30. The van der Waals surface area contributed by atoms with Crippen LogP contribution in [-0.4, -0.2) is 12.1 Å². The van der Waals surface area contributed by atoms with Crippen LogP contribution in [0.15, 0.2) is 82.3 Å². The van der Waals surface area contributed by atoms with Gasteiger partial charge in [-0.05, 0) is 94.2 Å². The number of benzene rings is 3. The number of ether oxygens (including phenoxy) is 1. The van der Waals surface area contributed by atoms with Gasteiger partial charge in [-0.15, -0.1) is 11.3 Å². The Morgan fingerprint density at radius 2 is 1.81 bits per heavy atom. The van der Waals surface area contributed by atoms with E-state index < -0.39 is 0 Å². The summed E-state index contributed by atoms with van der Waals surface area (Å²) in [6.07, 6.45) is 6.03. The molecule has 0 atom stereocenters. The van der Waals surface area contributed by atoms with Crippen LogP contribution in [0.1, 0.15) is 50.3 Å². The van der Waals surface area contributed by atoms with E-state index in [9.17, 15) is 4.79 Å². The van der Waals surface area contributed by atoms with Crippen molar-refractivity contribution in [2.75, 3.05) is 0 Å². The van der Waals surface area contributed by atoms with E-state index >= 15 is 0 Å². The Bertz CT molecular complexity index is 1420. The number of aryl methyl sites for hydroxylation is 1. The largest absolute Gasteiger partial charge is 0.488 e. The standard InChI is InChI=1S/C30H26BrClN2O2S/c31-25-16-22(12-15-26(25)36-19-21-10-13-23(32)14-11-21)18-34-30-28(24-8-4-5-9-27(24)37-30)29(35)33-17-20-6-2-1-3-7-20/h1-3,6-7,10-16,18H,4-5,8-9,17,19H2,(H,33,35). The molecule has 4 aromatic rings. The van der Waals surface area contributed by atoms with E-state index in [1.807, 2.05) is 79.0 Å². The first-order valence-electron chi connectivity index (χ1n) is 12.2. The average Bonchev–Trinajstić information content (AvgIpc) is 3.30. The molecular formula is C30H26BrClN2O2S. The van der Waals surface area contributed by atoms with E-state index in [0.29, 0.717) is 18.2 Å². The maximum atomic E-state index is 13.3. The highest BCUT2D eigenvalue weighted by Gasteiger charge is 2.25. The van der Waals surface area contributed by atoms with Crippen LogP contribution in [0.3, 0.4) is 0 Å². The second-order valence-electron chi connectivity index (χ2n) is 8.92. The van der Waals surface area contributed by atoms with Crippen LogP contribution in [-0.2, 0) is 26.0 Å². The predicted molar refractivity (Wildman–Crippen MR) is 156 cm³/mol. The van der Waals surface area contributed by atoms with Gasteiger partial charge in [0.25, 0.3) is 5.91 Å². The number of amides is 1. The van der Waals surface area contributed by atoms with Crippen molar-refractivity contribution in [3.63, 3.8) is 0 Å². The summed E-state index contributed by atoms with van der Waals surface area (Å²) in [6, 6.07) is 23.4. The van der Waals surface area contributed by atoms with Crippen molar-refractivity contribution in [1.29, 1.82) is 0 Å². The van der Waals surface area contributed by atoms with Gasteiger partial charge in [-0.2, -0.15) is 0 Å². The van der Waals surface area contributed by atoms with Crippen molar-refractivity contribution in [3.05, 3.63) is 115 Å². The number of nitrogens with zero attached hydrogens (tertiary/aromatic N) is 1. The quantitative estimate of drug-likeness (QED) is 0.209. The molecule has 5 rings (SSSR count). The highest BCUT2D eigenvalue weighted by Crippen LogP contribution is 2.40. The van der Waals surface area contributed by atoms with Crippen LogP contribution < -0.4 is 10.1 Å². The number of hydrogen-bond donors (Lipinski definition) is 1. The summed E-state index contributed by atoms with van der Waals surface area (Å²) in [5.74, 6) is 0.696. The molecule has 188 valence electrons. The third-order valence-corrected chi connectivity index (χ3v) is 8.34. The highest BCUT2D eigenvalue weighted by atomic mass is 79.9. The van der Waals surface area contributed by atoms with Crippen molar-refractivity contribution in [2.24, 2.45) is 4.99 Å². The minimum atomic E-state index is -0.0532. The topological polar surface area (TPSA) is 50.7 Å². The summed E-state index contributed by atoms with van der Waals surface area (Å²) < 4.78 is 6.81. The lowest BCUT2D eigenvalue weighted by atomic mass is 9.95. The van der Waals surface area contributed by atoms with Crippen molar-refractivity contribution >= 4 is 56.0 Å². The Morgan fingerprint density at radius 3 is 2.59 bits per heavy atom. The fourth-order valence-electron chi connectivity index (χ4n) is 4.33. The van der Waals surface area contributed by atoms with Gasteiger partial charge in [-0.25, -0.2) is 4.99 Å². The van der Waals surface area contributed by atoms with Crippen LogP contribution in [0.25, 0.3) is 0 Å². The number of carbonyl (C=O) groups is 1. The van der Waals surface area contributed by atoms with Gasteiger partial charge >= 0.3 is 0 Å². The number of fused-ring (bicyclic) bond motifs is 1. The highest BCUT2D eigenvalue weighted by molar-refractivity contribution is 9.10. The number of rotatable bonds is 8. The van der Waals surface area contributed by atoms with Crippen molar-refractivity contribution in [2.45, 2.75) is 38.8 Å². The number of aliphatic imine (C=N–C) groups is 1. The van der Waals surface area contributed by atoms with Crippen molar-refractivity contribution < 1.29 is 9.53 Å². The van der Waals surface area contributed by atoms with Crippen LogP contribution in [0.2, 0.25) is 5.02 Å². The molecule has 1 aliphatic rings. The molecule has 7 heteroatoms. The summed E-state index contributed by atoms with van der Waals surface area (Å²) in [4.78, 5) is 19.4. The van der Waals surface area contributed by atoms with Gasteiger partial charge in [-0.3, -0.25) is 4.79 Å². The van der Waals surface area contributed by atoms with Gasteiger partial charge in [0.1, 0.15) is 17.4 Å². The molecule has 3 aromatic carbocycles. The van der Waals surface area contributed by atoms with E-state index in [4.69, 9.17) is 21.3 Å². The van der Waals surface area contributed by atoms with Crippen LogP contribution in [0, 0.1) is 0 Å². The SMILES string of the molecule is O=C(NCc1ccccc1)c1c(N=Cc2ccc(OCc3ccc(Cl)cc3)c(Br)c2)sc2c1CCCC2. The first-order chi connectivity index (χ1) is 18.1. The molecule has 1 aliphatic carbocycles. The minimum absolute atomic E-state index is 0.0532. The molecule has 0 saturated carbocycles. The maximum absolute atomic E-state index is 13.3. The smallest absolute Gasteiger partial charge is 0.254 e. The molecule has 0 spiro atoms. The molecule has 0 bridgehead atoms. The normalized spacial score (nSPS) is 12.9.